The third kappa shape index (κ3) is 5.20. The molecule has 0 saturated heterocycles. The van der Waals surface area contributed by atoms with Crippen molar-refractivity contribution in [2.75, 3.05) is 25.2 Å². The summed E-state index contributed by atoms with van der Waals surface area (Å²) in [5.41, 5.74) is 6.63. The molecule has 0 unspecified atom stereocenters. The van der Waals surface area contributed by atoms with Crippen molar-refractivity contribution < 1.29 is 23.5 Å². The molecule has 0 aliphatic heterocycles. The Morgan fingerprint density at radius 2 is 1.81 bits per heavy atom. The van der Waals surface area contributed by atoms with Crippen molar-refractivity contribution in [1.82, 2.24) is 0 Å². The van der Waals surface area contributed by atoms with Crippen molar-refractivity contribution in [3.63, 3.8) is 0 Å². The Bertz CT molecular complexity index is 778. The number of primary amides is 1. The van der Waals surface area contributed by atoms with Crippen LogP contribution in [0.1, 0.15) is 12.0 Å². The molecular weight excluding hydrogens is 339 g/mol. The van der Waals surface area contributed by atoms with Crippen molar-refractivity contribution in [2.45, 2.75) is 13.3 Å². The number of methoxy groups -OCH3 is 1. The number of carbonyl (C=O) groups is 2. The van der Waals surface area contributed by atoms with Gasteiger partial charge in [0.2, 0.25) is 5.91 Å². The van der Waals surface area contributed by atoms with E-state index in [2.05, 4.69) is 0 Å². The van der Waals surface area contributed by atoms with E-state index in [0.717, 1.165) is 5.56 Å². The molecule has 0 aromatic heterocycles. The lowest BCUT2D eigenvalue weighted by Crippen LogP contribution is -2.37. The fourth-order valence-electron chi connectivity index (χ4n) is 2.35. The number of benzene rings is 2. The van der Waals surface area contributed by atoms with E-state index in [9.17, 15) is 14.0 Å². The average molecular weight is 360 g/mol. The molecule has 0 saturated carbocycles. The lowest BCUT2D eigenvalue weighted by atomic mass is 10.2. The summed E-state index contributed by atoms with van der Waals surface area (Å²) in [5.74, 6) is -0.396. The topological polar surface area (TPSA) is 81.9 Å². The third-order valence-corrected chi connectivity index (χ3v) is 3.69. The first-order chi connectivity index (χ1) is 12.4. The number of amides is 2. The quantitative estimate of drug-likeness (QED) is 0.784. The smallest absolute Gasteiger partial charge is 0.264 e. The molecule has 0 bridgehead atoms. The van der Waals surface area contributed by atoms with E-state index in [1.54, 1.807) is 12.1 Å². The van der Waals surface area contributed by atoms with Crippen molar-refractivity contribution in [3.8, 4) is 11.5 Å². The molecule has 6 nitrogen and oxygen atoms in total. The van der Waals surface area contributed by atoms with Gasteiger partial charge in [0, 0.05) is 18.7 Å². The number of nitrogens with two attached hydrogens (primary N) is 1. The van der Waals surface area contributed by atoms with Crippen LogP contribution in [0.3, 0.4) is 0 Å². The van der Waals surface area contributed by atoms with E-state index in [-0.39, 0.29) is 25.5 Å². The molecule has 2 aromatic carbocycles. The van der Waals surface area contributed by atoms with Crippen LogP contribution in [0.4, 0.5) is 10.1 Å². The number of aryl methyl sites for hydroxylation is 1. The Hall–Kier alpha value is -3.09. The molecule has 7 heteroatoms. The number of hydrogen-bond donors (Lipinski definition) is 1. The normalized spacial score (nSPS) is 10.3. The first-order valence-corrected chi connectivity index (χ1v) is 8.02. The van der Waals surface area contributed by atoms with Crippen LogP contribution < -0.4 is 20.1 Å². The summed E-state index contributed by atoms with van der Waals surface area (Å²) in [6.45, 7) is 1.72. The molecule has 0 fully saturated rings. The fraction of sp³-hybridized carbons (Fsp3) is 0.263. The first kappa shape index (κ1) is 19.2. The second-order valence-corrected chi connectivity index (χ2v) is 5.68. The summed E-state index contributed by atoms with van der Waals surface area (Å²) in [4.78, 5) is 25.0. The van der Waals surface area contributed by atoms with Crippen LogP contribution in [-0.2, 0) is 9.59 Å². The number of ether oxygens (including phenoxy) is 2. The summed E-state index contributed by atoms with van der Waals surface area (Å²) >= 11 is 0. The minimum absolute atomic E-state index is 0.0169. The van der Waals surface area contributed by atoms with Gasteiger partial charge < -0.3 is 20.1 Å². The van der Waals surface area contributed by atoms with E-state index in [0.29, 0.717) is 17.2 Å². The van der Waals surface area contributed by atoms with Gasteiger partial charge >= 0.3 is 0 Å². The Morgan fingerprint density at radius 3 is 2.42 bits per heavy atom. The monoisotopic (exact) mass is 360 g/mol. The van der Waals surface area contributed by atoms with E-state index in [1.807, 2.05) is 13.0 Å². The minimum atomic E-state index is -0.536. The van der Waals surface area contributed by atoms with Gasteiger partial charge in [-0.15, -0.1) is 0 Å². The third-order valence-electron chi connectivity index (χ3n) is 3.69. The number of halogens is 1. The van der Waals surface area contributed by atoms with Gasteiger partial charge in [-0.2, -0.15) is 0 Å². The molecule has 2 aromatic rings. The molecule has 2 amide bonds. The lowest BCUT2D eigenvalue weighted by Gasteiger charge is -2.22. The maximum Gasteiger partial charge on any atom is 0.264 e. The van der Waals surface area contributed by atoms with Crippen molar-refractivity contribution in [2.24, 2.45) is 5.73 Å². The minimum Gasteiger partial charge on any atom is -0.493 e. The molecule has 138 valence electrons. The Kier molecular flexibility index (Phi) is 6.54. The van der Waals surface area contributed by atoms with Crippen LogP contribution >= 0.6 is 0 Å². The summed E-state index contributed by atoms with van der Waals surface area (Å²) in [7, 11) is 1.52. The highest BCUT2D eigenvalue weighted by atomic mass is 19.1. The first-order valence-electron chi connectivity index (χ1n) is 8.02. The predicted octanol–water partition coefficient (Wildman–Crippen LogP) is 2.43. The van der Waals surface area contributed by atoms with Crippen molar-refractivity contribution in [1.29, 1.82) is 0 Å². The molecular formula is C19H21FN2O4. The molecule has 0 aliphatic carbocycles. The highest BCUT2D eigenvalue weighted by Gasteiger charge is 2.18. The van der Waals surface area contributed by atoms with Gasteiger partial charge in [-0.1, -0.05) is 6.07 Å². The molecule has 0 aliphatic rings. The maximum atomic E-state index is 13.1. The zero-order chi connectivity index (χ0) is 19.1. The average Bonchev–Trinajstić information content (AvgIpc) is 2.61. The number of hydrogen-bond acceptors (Lipinski definition) is 4. The predicted molar refractivity (Wildman–Crippen MR) is 95.8 cm³/mol. The Labute approximate surface area is 151 Å². The summed E-state index contributed by atoms with van der Waals surface area (Å²) in [6.07, 6.45) is -0.0169. The fourth-order valence-corrected chi connectivity index (χ4v) is 2.35. The number of anilines is 1. The number of nitrogens with zero attached hydrogens (tertiary/aromatic N) is 1. The van der Waals surface area contributed by atoms with Crippen LogP contribution in [0.2, 0.25) is 0 Å². The SMILES string of the molecule is COc1cc(C)ccc1OCC(=O)N(CCC(N)=O)c1ccc(F)cc1. The highest BCUT2D eigenvalue weighted by Crippen LogP contribution is 2.28. The molecule has 26 heavy (non-hydrogen) atoms. The lowest BCUT2D eigenvalue weighted by molar-refractivity contribution is -0.120. The molecule has 0 heterocycles. The van der Waals surface area contributed by atoms with Gasteiger partial charge in [0.1, 0.15) is 5.82 Å². The summed E-state index contributed by atoms with van der Waals surface area (Å²) in [6, 6.07) is 10.7. The van der Waals surface area contributed by atoms with E-state index >= 15 is 0 Å². The second-order valence-electron chi connectivity index (χ2n) is 5.68. The molecule has 0 radical (unpaired) electrons. The van der Waals surface area contributed by atoms with Crippen LogP contribution in [-0.4, -0.2) is 32.1 Å². The van der Waals surface area contributed by atoms with E-state index in [4.69, 9.17) is 15.2 Å². The zero-order valence-electron chi connectivity index (χ0n) is 14.7. The summed E-state index contributed by atoms with van der Waals surface area (Å²) in [5, 5.41) is 0. The zero-order valence-corrected chi connectivity index (χ0v) is 14.7. The summed E-state index contributed by atoms with van der Waals surface area (Å²) < 4.78 is 23.9. The molecule has 0 atom stereocenters. The number of carbonyl (C=O) groups excluding carboxylic acids is 2. The van der Waals surface area contributed by atoms with Crippen LogP contribution in [0, 0.1) is 12.7 Å². The van der Waals surface area contributed by atoms with Crippen LogP contribution in [0.5, 0.6) is 11.5 Å². The second kappa shape index (κ2) is 8.84. The van der Waals surface area contributed by atoms with Crippen molar-refractivity contribution in [3.05, 3.63) is 53.8 Å². The molecule has 0 spiro atoms. The maximum absolute atomic E-state index is 13.1. The van der Waals surface area contributed by atoms with Crippen LogP contribution in [0.15, 0.2) is 42.5 Å². The largest absolute Gasteiger partial charge is 0.493 e. The number of rotatable bonds is 8. The van der Waals surface area contributed by atoms with Crippen molar-refractivity contribution >= 4 is 17.5 Å². The van der Waals surface area contributed by atoms with E-state index < -0.39 is 11.7 Å². The Balaban J connectivity index is 2.13. The van der Waals surface area contributed by atoms with Gasteiger partial charge in [-0.25, -0.2) is 4.39 Å². The molecule has 2 rings (SSSR count). The van der Waals surface area contributed by atoms with Crippen LogP contribution in [0.25, 0.3) is 0 Å². The molecule has 2 N–H and O–H groups in total. The van der Waals surface area contributed by atoms with Gasteiger partial charge in [0.15, 0.2) is 18.1 Å². The van der Waals surface area contributed by atoms with Gasteiger partial charge in [0.25, 0.3) is 5.91 Å². The van der Waals surface area contributed by atoms with Gasteiger partial charge in [0.05, 0.1) is 7.11 Å². The van der Waals surface area contributed by atoms with Gasteiger partial charge in [-0.05, 0) is 48.9 Å². The standard InChI is InChI=1S/C19H21FN2O4/c1-13-3-8-16(17(11-13)25-2)26-12-19(24)22(10-9-18(21)23)15-6-4-14(20)5-7-15/h3-8,11H,9-10,12H2,1-2H3,(H2,21,23). The Morgan fingerprint density at radius 1 is 1.12 bits per heavy atom. The van der Waals surface area contributed by atoms with Gasteiger partial charge in [-0.3, -0.25) is 9.59 Å². The van der Waals surface area contributed by atoms with E-state index in [1.165, 1.54) is 36.3 Å². The highest BCUT2D eigenvalue weighted by molar-refractivity contribution is 5.95.